The van der Waals surface area contributed by atoms with E-state index in [2.05, 4.69) is 43.4 Å². The molecule has 134 valence electrons. The Kier molecular flexibility index (Phi) is 6.08. The first-order valence-corrected chi connectivity index (χ1v) is 9.23. The molecule has 0 heterocycles. The summed E-state index contributed by atoms with van der Waals surface area (Å²) >= 11 is 12.1. The van der Waals surface area contributed by atoms with Crippen LogP contribution in [-0.4, -0.2) is 0 Å². The van der Waals surface area contributed by atoms with Crippen molar-refractivity contribution in [2.24, 2.45) is 0 Å². The monoisotopic (exact) mass is 385 g/mol. The van der Waals surface area contributed by atoms with Crippen LogP contribution in [0.2, 0.25) is 10.0 Å². The van der Waals surface area contributed by atoms with Gasteiger partial charge in [-0.2, -0.15) is 0 Å². The number of halogens is 2. The van der Waals surface area contributed by atoms with E-state index in [4.69, 9.17) is 27.9 Å². The molecule has 1 N–H and O–H groups in total. The van der Waals surface area contributed by atoms with E-state index in [0.717, 1.165) is 29.1 Å². The minimum absolute atomic E-state index is 0.407. The first-order chi connectivity index (χ1) is 12.5. The van der Waals surface area contributed by atoms with Crippen LogP contribution >= 0.6 is 23.2 Å². The molecule has 0 bridgehead atoms. The summed E-state index contributed by atoms with van der Waals surface area (Å²) in [5, 5.41) is 4.72. The largest absolute Gasteiger partial charge is 0.489 e. The minimum Gasteiger partial charge on any atom is -0.489 e. The summed E-state index contributed by atoms with van der Waals surface area (Å²) in [6, 6.07) is 19.9. The molecule has 0 saturated heterocycles. The van der Waals surface area contributed by atoms with Crippen molar-refractivity contribution in [2.45, 2.75) is 27.0 Å². The van der Waals surface area contributed by atoms with Crippen molar-refractivity contribution in [3.8, 4) is 5.75 Å². The van der Waals surface area contributed by atoms with E-state index in [1.54, 1.807) is 6.07 Å². The molecule has 0 amide bonds. The van der Waals surface area contributed by atoms with Gasteiger partial charge in [0.1, 0.15) is 12.4 Å². The van der Waals surface area contributed by atoms with Crippen molar-refractivity contribution in [1.29, 1.82) is 0 Å². The average molecular weight is 386 g/mol. The maximum Gasteiger partial charge on any atom is 0.120 e. The lowest BCUT2D eigenvalue weighted by atomic mass is 10.1. The number of benzene rings is 3. The molecule has 3 aromatic carbocycles. The van der Waals surface area contributed by atoms with E-state index in [0.29, 0.717) is 16.7 Å². The van der Waals surface area contributed by atoms with Gasteiger partial charge in [-0.25, -0.2) is 0 Å². The van der Waals surface area contributed by atoms with Gasteiger partial charge in [0.25, 0.3) is 0 Å². The van der Waals surface area contributed by atoms with Gasteiger partial charge >= 0.3 is 0 Å². The van der Waals surface area contributed by atoms with Crippen LogP contribution in [0.15, 0.2) is 60.7 Å². The van der Waals surface area contributed by atoms with Crippen molar-refractivity contribution < 1.29 is 4.74 Å². The number of ether oxygens (including phenoxy) is 1. The van der Waals surface area contributed by atoms with Gasteiger partial charge in [0.05, 0.1) is 0 Å². The van der Waals surface area contributed by atoms with Gasteiger partial charge in [-0.1, -0.05) is 59.1 Å². The Hall–Kier alpha value is -2.16. The normalized spacial score (nSPS) is 10.6. The zero-order valence-electron chi connectivity index (χ0n) is 14.9. The molecule has 4 heteroatoms. The Morgan fingerprint density at radius 1 is 0.923 bits per heavy atom. The topological polar surface area (TPSA) is 21.3 Å². The lowest BCUT2D eigenvalue weighted by Gasteiger charge is -2.12. The molecule has 2 nitrogen and oxygen atoms in total. The van der Waals surface area contributed by atoms with Crippen LogP contribution in [-0.2, 0) is 13.2 Å². The third-order valence-electron chi connectivity index (χ3n) is 4.17. The highest BCUT2D eigenvalue weighted by atomic mass is 35.5. The molecule has 0 fully saturated rings. The molecule has 0 radical (unpaired) electrons. The molecule has 0 aromatic heterocycles. The molecule has 0 aliphatic rings. The Morgan fingerprint density at radius 3 is 2.54 bits per heavy atom. The van der Waals surface area contributed by atoms with Crippen LogP contribution < -0.4 is 10.1 Å². The van der Waals surface area contributed by atoms with Gasteiger partial charge in [-0.3, -0.25) is 0 Å². The fourth-order valence-electron chi connectivity index (χ4n) is 2.75. The number of aryl methyl sites for hydroxylation is 2. The van der Waals surface area contributed by atoms with Gasteiger partial charge in [0, 0.05) is 27.8 Å². The molecule has 0 unspecified atom stereocenters. The van der Waals surface area contributed by atoms with E-state index >= 15 is 0 Å². The van der Waals surface area contributed by atoms with Gasteiger partial charge < -0.3 is 10.1 Å². The fourth-order valence-corrected chi connectivity index (χ4v) is 3.22. The quantitative estimate of drug-likeness (QED) is 0.503. The van der Waals surface area contributed by atoms with Crippen molar-refractivity contribution in [1.82, 2.24) is 0 Å². The van der Waals surface area contributed by atoms with Crippen molar-refractivity contribution in [3.63, 3.8) is 0 Å². The maximum absolute atomic E-state index is 6.20. The molecule has 0 aliphatic carbocycles. The number of rotatable bonds is 6. The number of hydrogen-bond acceptors (Lipinski definition) is 2. The van der Waals surface area contributed by atoms with Crippen molar-refractivity contribution in [3.05, 3.63) is 93.0 Å². The second kappa shape index (κ2) is 8.48. The summed E-state index contributed by atoms with van der Waals surface area (Å²) in [7, 11) is 0. The Labute approximate surface area is 164 Å². The third-order valence-corrected chi connectivity index (χ3v) is 4.76. The molecule has 0 atom stereocenters. The number of hydrogen-bond donors (Lipinski definition) is 1. The summed E-state index contributed by atoms with van der Waals surface area (Å²) in [6.07, 6.45) is 0. The van der Waals surface area contributed by atoms with Crippen molar-refractivity contribution in [2.75, 3.05) is 5.32 Å². The van der Waals surface area contributed by atoms with E-state index in [1.807, 2.05) is 30.3 Å². The fraction of sp³-hybridized carbons (Fsp3) is 0.182. The summed E-state index contributed by atoms with van der Waals surface area (Å²) in [4.78, 5) is 0. The van der Waals surface area contributed by atoms with E-state index < -0.39 is 0 Å². The van der Waals surface area contributed by atoms with Crippen molar-refractivity contribution >= 4 is 28.9 Å². The zero-order valence-corrected chi connectivity index (χ0v) is 16.4. The van der Waals surface area contributed by atoms with Crippen LogP contribution in [0, 0.1) is 13.8 Å². The van der Waals surface area contributed by atoms with E-state index in [-0.39, 0.29) is 0 Å². The first kappa shape index (κ1) is 18.6. The number of nitrogens with one attached hydrogen (secondary N) is 1. The third kappa shape index (κ3) is 4.94. The molecule has 0 aliphatic heterocycles. The summed E-state index contributed by atoms with van der Waals surface area (Å²) in [5.74, 6) is 0.816. The lowest BCUT2D eigenvalue weighted by Crippen LogP contribution is -2.02. The van der Waals surface area contributed by atoms with Crippen LogP contribution in [0.25, 0.3) is 0 Å². The molecule has 0 saturated carbocycles. The van der Waals surface area contributed by atoms with Crippen LogP contribution in [0.5, 0.6) is 5.75 Å². The van der Waals surface area contributed by atoms with Crippen LogP contribution in [0.4, 0.5) is 5.69 Å². The second-order valence-corrected chi connectivity index (χ2v) is 7.19. The smallest absolute Gasteiger partial charge is 0.120 e. The highest BCUT2D eigenvalue weighted by molar-refractivity contribution is 6.35. The standard InChI is InChI=1S/C22H21Cl2NO/c1-15-6-9-22(16(2)10-15)25-13-17-4-3-5-20(11-17)26-14-18-7-8-19(23)12-21(18)24/h3-12,25H,13-14H2,1-2H3. The van der Waals surface area contributed by atoms with Gasteiger partial charge in [0.15, 0.2) is 0 Å². The predicted molar refractivity (Wildman–Crippen MR) is 110 cm³/mol. The van der Waals surface area contributed by atoms with Gasteiger partial charge in [-0.15, -0.1) is 0 Å². The zero-order chi connectivity index (χ0) is 18.5. The van der Waals surface area contributed by atoms with Crippen LogP contribution in [0.1, 0.15) is 22.3 Å². The highest BCUT2D eigenvalue weighted by Crippen LogP contribution is 2.23. The second-order valence-electron chi connectivity index (χ2n) is 6.34. The predicted octanol–water partition coefficient (Wildman–Crippen LogP) is 6.80. The first-order valence-electron chi connectivity index (χ1n) is 8.48. The van der Waals surface area contributed by atoms with Gasteiger partial charge in [-0.05, 0) is 55.3 Å². The van der Waals surface area contributed by atoms with E-state index in [9.17, 15) is 0 Å². The van der Waals surface area contributed by atoms with Crippen LogP contribution in [0.3, 0.4) is 0 Å². The van der Waals surface area contributed by atoms with E-state index in [1.165, 1.54) is 11.1 Å². The number of anilines is 1. The molecule has 26 heavy (non-hydrogen) atoms. The molecular formula is C22H21Cl2NO. The minimum atomic E-state index is 0.407. The molecule has 3 aromatic rings. The Morgan fingerprint density at radius 2 is 1.77 bits per heavy atom. The summed E-state index contributed by atoms with van der Waals surface area (Å²) in [5.41, 5.74) is 5.73. The lowest BCUT2D eigenvalue weighted by molar-refractivity contribution is 0.306. The highest BCUT2D eigenvalue weighted by Gasteiger charge is 2.04. The van der Waals surface area contributed by atoms with Gasteiger partial charge in [0.2, 0.25) is 0 Å². The molecule has 3 rings (SSSR count). The maximum atomic E-state index is 6.20. The molecular weight excluding hydrogens is 365 g/mol. The molecule has 0 spiro atoms. The average Bonchev–Trinajstić information content (AvgIpc) is 2.61. The Bertz CT molecular complexity index is 838. The summed E-state index contributed by atoms with van der Waals surface area (Å²) in [6.45, 7) is 5.36. The Balaban J connectivity index is 1.62. The summed E-state index contributed by atoms with van der Waals surface area (Å²) < 4.78 is 5.89. The SMILES string of the molecule is Cc1ccc(NCc2cccc(OCc3ccc(Cl)cc3Cl)c2)c(C)c1.